The van der Waals surface area contributed by atoms with Gasteiger partial charge < -0.3 is 23.1 Å². The van der Waals surface area contributed by atoms with Crippen LogP contribution in [0.4, 0.5) is 0 Å². The number of esters is 1. The van der Waals surface area contributed by atoms with Gasteiger partial charge in [0.1, 0.15) is 11.9 Å². The van der Waals surface area contributed by atoms with E-state index in [9.17, 15) is 9.90 Å². The Hall–Kier alpha value is -1.55. The van der Waals surface area contributed by atoms with Crippen molar-refractivity contribution in [3.8, 4) is 5.75 Å². The van der Waals surface area contributed by atoms with Crippen LogP contribution in [0.15, 0.2) is 82.0 Å². The molecule has 0 bridgehead atoms. The van der Waals surface area contributed by atoms with Gasteiger partial charge in [-0.1, -0.05) is 165 Å². The molecule has 0 amide bonds. The van der Waals surface area contributed by atoms with Gasteiger partial charge in [0.25, 0.3) is 0 Å². The van der Waals surface area contributed by atoms with Gasteiger partial charge in [-0.2, -0.15) is 0 Å². The summed E-state index contributed by atoms with van der Waals surface area (Å²) in [6.07, 6.45) is 15.5. The highest BCUT2D eigenvalue weighted by atomic mass is 127. The molecular formula is C54H91IO6Si3. The number of carbonyl (C=O) groups excluding carboxylic acids is 1. The van der Waals surface area contributed by atoms with Crippen LogP contribution in [0.1, 0.15) is 135 Å². The highest BCUT2D eigenvalue weighted by Gasteiger charge is 2.60. The van der Waals surface area contributed by atoms with E-state index in [-0.39, 0.29) is 58.2 Å². The van der Waals surface area contributed by atoms with Gasteiger partial charge in [-0.15, -0.1) is 0 Å². The Balaban J connectivity index is 2.07. The summed E-state index contributed by atoms with van der Waals surface area (Å²) in [6.45, 7) is 40.2. The molecule has 9 atom stereocenters. The zero-order valence-electron chi connectivity index (χ0n) is 43.6. The Morgan fingerprint density at radius 1 is 0.922 bits per heavy atom. The summed E-state index contributed by atoms with van der Waals surface area (Å²) in [6, 6.07) is 14.8. The molecule has 0 radical (unpaired) electrons. The van der Waals surface area contributed by atoms with Crippen LogP contribution in [0.2, 0.25) is 54.4 Å². The zero-order chi connectivity index (χ0) is 48.5. The fraction of sp³-hybridized carbons (Fsp3) is 0.685. The third-order valence-corrected chi connectivity index (χ3v) is 30.3. The molecule has 2 aliphatic rings. The maximum absolute atomic E-state index is 14.3. The Labute approximate surface area is 409 Å². The SMILES string of the molecule is C/C=C\[C@H]1C(C)=C[C@@H]2[C@@H]([C@H]1[C@@H](OC(=O)/C=C/C(C)=C/C[C@@H](O[Si](CC)(CC)CC)[C@@H](C)[C@@H](/C=C\I)O[Si](CC)(CC)CC)c1ccc(O[Si](C)(C)C(C)(C)C)cc1)C(C)(C)C[C@@]2(C)O. The molecule has 0 aromatic heterocycles. The van der Waals surface area contributed by atoms with E-state index in [1.54, 1.807) is 6.08 Å². The van der Waals surface area contributed by atoms with Crippen molar-refractivity contribution in [3.63, 3.8) is 0 Å². The second-order valence-corrected chi connectivity index (χ2v) is 36.7. The first kappa shape index (κ1) is 56.8. The minimum Gasteiger partial charge on any atom is -0.544 e. The number of benzene rings is 1. The van der Waals surface area contributed by atoms with E-state index in [1.165, 1.54) is 5.57 Å². The van der Waals surface area contributed by atoms with Crippen molar-refractivity contribution in [2.45, 2.75) is 202 Å². The molecule has 0 heterocycles. The molecule has 6 nitrogen and oxygen atoms in total. The maximum atomic E-state index is 14.3. The number of carbonyl (C=O) groups is 1. The van der Waals surface area contributed by atoms with Gasteiger partial charge in [0.05, 0.1) is 17.8 Å². The van der Waals surface area contributed by atoms with Crippen molar-refractivity contribution in [2.24, 2.45) is 35.0 Å². The molecule has 1 fully saturated rings. The van der Waals surface area contributed by atoms with Gasteiger partial charge in [0.2, 0.25) is 8.32 Å². The number of allylic oxidation sites excluding steroid dienone is 5. The van der Waals surface area contributed by atoms with Crippen molar-refractivity contribution in [2.75, 3.05) is 0 Å². The lowest BCUT2D eigenvalue weighted by molar-refractivity contribution is -0.150. The summed E-state index contributed by atoms with van der Waals surface area (Å²) < 4.78 is 30.1. The molecule has 64 heavy (non-hydrogen) atoms. The van der Waals surface area contributed by atoms with Crippen molar-refractivity contribution in [1.82, 2.24) is 0 Å². The number of halogens is 1. The number of hydrogen-bond acceptors (Lipinski definition) is 6. The van der Waals surface area contributed by atoms with E-state index < -0.39 is 36.7 Å². The third kappa shape index (κ3) is 13.8. The van der Waals surface area contributed by atoms with Gasteiger partial charge in [-0.05, 0) is 128 Å². The first-order chi connectivity index (χ1) is 29.8. The highest BCUT2D eigenvalue weighted by Crippen LogP contribution is 2.62. The molecule has 0 unspecified atom stereocenters. The Bertz CT molecular complexity index is 1780. The summed E-state index contributed by atoms with van der Waals surface area (Å²) in [4.78, 5) is 14.3. The summed E-state index contributed by atoms with van der Waals surface area (Å²) in [5, 5.41) is 12.0. The van der Waals surface area contributed by atoms with Gasteiger partial charge in [0, 0.05) is 29.7 Å². The largest absolute Gasteiger partial charge is 0.544 e. The number of aliphatic hydroxyl groups is 1. The van der Waals surface area contributed by atoms with Crippen molar-refractivity contribution in [3.05, 3.63) is 87.6 Å². The predicted octanol–water partition coefficient (Wildman–Crippen LogP) is 16.1. The van der Waals surface area contributed by atoms with Crippen molar-refractivity contribution in [1.29, 1.82) is 0 Å². The van der Waals surface area contributed by atoms with Gasteiger partial charge in [-0.25, -0.2) is 4.79 Å². The van der Waals surface area contributed by atoms with Crippen LogP contribution in [0, 0.1) is 35.0 Å². The maximum Gasteiger partial charge on any atom is 0.331 e. The first-order valence-corrected chi connectivity index (χ1v) is 34.0. The number of ether oxygens (including phenoxy) is 1. The van der Waals surface area contributed by atoms with Gasteiger partial charge in [0.15, 0.2) is 16.6 Å². The summed E-state index contributed by atoms with van der Waals surface area (Å²) in [5.41, 5.74) is 2.07. The Morgan fingerprint density at radius 3 is 1.97 bits per heavy atom. The topological polar surface area (TPSA) is 74.2 Å². The lowest BCUT2D eigenvalue weighted by atomic mass is 9.59. The second kappa shape index (κ2) is 23.6. The minimum absolute atomic E-state index is 0.0178. The summed E-state index contributed by atoms with van der Waals surface area (Å²) in [7, 11) is -5.93. The van der Waals surface area contributed by atoms with Crippen LogP contribution in [0.5, 0.6) is 5.75 Å². The fourth-order valence-corrected chi connectivity index (χ4v) is 18.0. The summed E-state index contributed by atoms with van der Waals surface area (Å²) >= 11 is 2.33. The van der Waals surface area contributed by atoms with Gasteiger partial charge >= 0.3 is 5.97 Å². The minimum atomic E-state index is -2.08. The molecule has 2 aliphatic carbocycles. The molecular weight excluding hydrogens is 956 g/mol. The van der Waals surface area contributed by atoms with E-state index in [0.717, 1.165) is 59.6 Å². The third-order valence-electron chi connectivity index (χ3n) is 16.2. The standard InChI is InChI=1S/C54H91IO6Si3/c1-19-26-44-40(9)37-45-50(53(14,15)38-54(45,16)57)49(44)51(42-29-31-43(32-30-42)59-62(17,18)52(11,12)13)58-48(56)34-28-39(8)27-33-46(60-63(20-2,21-3)22-4)41(10)47(35-36-55)61-64(23-5,24-6)25-7/h19,26-32,34-37,41,44-47,49-51,57H,20-25,33,38H2,1-18H3/b26-19-,34-28+,36-35-,39-27+/t41-,44+,45-,46-,47-,49+,50+,51+,54-/m1/s1. The van der Waals surface area contributed by atoms with E-state index in [4.69, 9.17) is 18.0 Å². The highest BCUT2D eigenvalue weighted by molar-refractivity contribution is 14.1. The van der Waals surface area contributed by atoms with E-state index in [0.29, 0.717) is 6.42 Å². The fourth-order valence-electron chi connectivity index (χ4n) is 10.7. The zero-order valence-corrected chi connectivity index (χ0v) is 48.7. The monoisotopic (exact) mass is 1050 g/mol. The van der Waals surface area contributed by atoms with Crippen LogP contribution >= 0.6 is 22.6 Å². The molecule has 1 N–H and O–H groups in total. The van der Waals surface area contributed by atoms with E-state index in [1.807, 2.05) is 13.0 Å². The number of hydrogen-bond donors (Lipinski definition) is 1. The second-order valence-electron chi connectivity index (χ2n) is 21.8. The molecule has 0 spiro atoms. The van der Waals surface area contributed by atoms with Gasteiger partial charge in [-0.3, -0.25) is 0 Å². The molecule has 3 rings (SSSR count). The average molecular weight is 1050 g/mol. The average Bonchev–Trinajstić information content (AvgIpc) is 3.42. The lowest BCUT2D eigenvalue weighted by Crippen LogP contribution is -2.47. The van der Waals surface area contributed by atoms with Crippen LogP contribution in [0.25, 0.3) is 0 Å². The Morgan fingerprint density at radius 2 is 1.47 bits per heavy atom. The lowest BCUT2D eigenvalue weighted by Gasteiger charge is -2.47. The van der Waals surface area contributed by atoms with Crippen LogP contribution in [-0.2, 0) is 18.4 Å². The Kier molecular flexibility index (Phi) is 21.0. The quantitative estimate of drug-likeness (QED) is 0.0294. The molecule has 1 aromatic carbocycles. The molecule has 1 saturated carbocycles. The van der Waals surface area contributed by atoms with E-state index >= 15 is 0 Å². The molecule has 0 saturated heterocycles. The van der Waals surface area contributed by atoms with E-state index in [2.05, 4.69) is 198 Å². The smallest absolute Gasteiger partial charge is 0.331 e. The van der Waals surface area contributed by atoms with Crippen molar-refractivity contribution >= 4 is 53.5 Å². The van der Waals surface area contributed by atoms with Crippen LogP contribution < -0.4 is 4.43 Å². The first-order valence-electron chi connectivity index (χ1n) is 24.8. The molecule has 0 aliphatic heterocycles. The van der Waals surface area contributed by atoms with Crippen LogP contribution in [-0.4, -0.2) is 53.8 Å². The molecule has 1 aromatic rings. The molecule has 362 valence electrons. The summed E-state index contributed by atoms with van der Waals surface area (Å²) in [5.74, 6) is 0.554. The van der Waals surface area contributed by atoms with Crippen molar-refractivity contribution < 1.29 is 27.9 Å². The van der Waals surface area contributed by atoms with Crippen LogP contribution in [0.3, 0.4) is 0 Å². The normalized spacial score (nSPS) is 25.4. The number of fused-ring (bicyclic) bond motifs is 1. The predicted molar refractivity (Wildman–Crippen MR) is 289 cm³/mol. The number of rotatable bonds is 23. The molecule has 10 heteroatoms.